The van der Waals surface area contributed by atoms with Gasteiger partial charge in [-0.1, -0.05) is 0 Å². The lowest BCUT2D eigenvalue weighted by molar-refractivity contribution is 0.308. The molecule has 0 saturated heterocycles. The molecular formula is C11H14N6OS. The second-order valence-corrected chi connectivity index (χ2v) is 4.26. The molecule has 2 aromatic rings. The molecule has 0 unspecified atom stereocenters. The van der Waals surface area contributed by atoms with Crippen LogP contribution in [0.3, 0.4) is 0 Å². The summed E-state index contributed by atoms with van der Waals surface area (Å²) < 4.78 is 5.31. The predicted molar refractivity (Wildman–Crippen MR) is 71.3 cm³/mol. The van der Waals surface area contributed by atoms with Gasteiger partial charge in [-0.2, -0.15) is 15.0 Å². The van der Waals surface area contributed by atoms with E-state index in [0.29, 0.717) is 28.9 Å². The van der Waals surface area contributed by atoms with Crippen LogP contribution < -0.4 is 10.1 Å². The number of aromatic nitrogens is 5. The van der Waals surface area contributed by atoms with Crippen LogP contribution in [0.5, 0.6) is 6.01 Å². The number of ether oxygens (including phenoxy) is 1. The summed E-state index contributed by atoms with van der Waals surface area (Å²) in [6, 6.07) is 2.06. The molecule has 0 radical (unpaired) electrons. The molecule has 2 rings (SSSR count). The van der Waals surface area contributed by atoms with Crippen molar-refractivity contribution in [3.63, 3.8) is 0 Å². The molecule has 100 valence electrons. The zero-order valence-electron chi connectivity index (χ0n) is 10.7. The molecule has 0 aromatic carbocycles. The zero-order chi connectivity index (χ0) is 13.5. The highest BCUT2D eigenvalue weighted by molar-refractivity contribution is 7.99. The number of anilines is 1. The van der Waals surface area contributed by atoms with E-state index in [1.165, 1.54) is 11.8 Å². The number of rotatable bonds is 6. The average molecular weight is 278 g/mol. The van der Waals surface area contributed by atoms with E-state index >= 15 is 0 Å². The molecule has 0 bridgehead atoms. The van der Waals surface area contributed by atoms with Crippen molar-refractivity contribution in [1.82, 2.24) is 24.9 Å². The average Bonchev–Trinajstić information content (AvgIpc) is 2.40. The van der Waals surface area contributed by atoms with Gasteiger partial charge in [0.1, 0.15) is 0 Å². The number of nitrogens with one attached hydrogen (secondary N) is 1. The minimum Gasteiger partial charge on any atom is -0.464 e. The van der Waals surface area contributed by atoms with Crippen LogP contribution in [-0.2, 0) is 0 Å². The topological polar surface area (TPSA) is 85.7 Å². The Hall–Kier alpha value is -1.96. The monoisotopic (exact) mass is 278 g/mol. The molecule has 0 fully saturated rings. The Balaban J connectivity index is 2.23. The van der Waals surface area contributed by atoms with Crippen molar-refractivity contribution in [3.05, 3.63) is 18.5 Å². The van der Waals surface area contributed by atoms with Crippen LogP contribution in [0.1, 0.15) is 13.8 Å². The summed E-state index contributed by atoms with van der Waals surface area (Å²) in [7, 11) is 0. The van der Waals surface area contributed by atoms with Crippen molar-refractivity contribution in [2.24, 2.45) is 0 Å². The van der Waals surface area contributed by atoms with Crippen molar-refractivity contribution in [2.45, 2.75) is 24.2 Å². The highest BCUT2D eigenvalue weighted by atomic mass is 32.2. The third-order valence-electron chi connectivity index (χ3n) is 1.93. The molecule has 19 heavy (non-hydrogen) atoms. The molecule has 0 atom stereocenters. The summed E-state index contributed by atoms with van der Waals surface area (Å²) in [5.74, 6) is 0.486. The first kappa shape index (κ1) is 13.5. The van der Waals surface area contributed by atoms with Gasteiger partial charge >= 0.3 is 6.01 Å². The SMILES string of the molecule is CCNc1nc(OCC)nc(Sc2ncccn2)n1. The normalized spacial score (nSPS) is 10.2. The van der Waals surface area contributed by atoms with Crippen LogP contribution in [0.15, 0.2) is 28.8 Å². The second-order valence-electron chi connectivity index (χ2n) is 3.32. The molecule has 8 heteroatoms. The Morgan fingerprint density at radius 1 is 1.11 bits per heavy atom. The largest absolute Gasteiger partial charge is 0.464 e. The van der Waals surface area contributed by atoms with E-state index < -0.39 is 0 Å². The summed E-state index contributed by atoms with van der Waals surface area (Å²) >= 11 is 1.26. The van der Waals surface area contributed by atoms with Gasteiger partial charge in [-0.25, -0.2) is 9.97 Å². The van der Waals surface area contributed by atoms with Gasteiger partial charge in [0, 0.05) is 18.9 Å². The van der Waals surface area contributed by atoms with Gasteiger partial charge < -0.3 is 10.1 Å². The Morgan fingerprint density at radius 3 is 2.58 bits per heavy atom. The maximum Gasteiger partial charge on any atom is 0.322 e. The first-order valence-electron chi connectivity index (χ1n) is 5.89. The minimum atomic E-state index is 0.298. The van der Waals surface area contributed by atoms with E-state index in [-0.39, 0.29) is 0 Å². The lowest BCUT2D eigenvalue weighted by Crippen LogP contribution is -2.07. The fourth-order valence-corrected chi connectivity index (χ4v) is 1.88. The quantitative estimate of drug-likeness (QED) is 0.798. The third kappa shape index (κ3) is 4.02. The Bertz CT molecular complexity index is 500. The second kappa shape index (κ2) is 6.83. The minimum absolute atomic E-state index is 0.298. The fourth-order valence-electron chi connectivity index (χ4n) is 1.23. The van der Waals surface area contributed by atoms with Crippen LogP contribution in [0, 0.1) is 0 Å². The summed E-state index contributed by atoms with van der Waals surface area (Å²) in [6.45, 7) is 5.07. The van der Waals surface area contributed by atoms with Gasteiger partial charge in [-0.05, 0) is 31.7 Å². The first-order valence-corrected chi connectivity index (χ1v) is 6.71. The molecule has 0 saturated carbocycles. The van der Waals surface area contributed by atoms with Gasteiger partial charge in [0.05, 0.1) is 6.61 Å². The third-order valence-corrected chi connectivity index (χ3v) is 2.69. The van der Waals surface area contributed by atoms with Gasteiger partial charge in [0.15, 0.2) is 5.16 Å². The molecule has 0 aliphatic carbocycles. The summed E-state index contributed by atoms with van der Waals surface area (Å²) in [6.07, 6.45) is 3.34. The van der Waals surface area contributed by atoms with Crippen LogP contribution in [0.2, 0.25) is 0 Å². The van der Waals surface area contributed by atoms with Crippen molar-refractivity contribution in [1.29, 1.82) is 0 Å². The Morgan fingerprint density at radius 2 is 1.89 bits per heavy atom. The number of nitrogens with zero attached hydrogens (tertiary/aromatic N) is 5. The van der Waals surface area contributed by atoms with Crippen molar-refractivity contribution >= 4 is 17.7 Å². The van der Waals surface area contributed by atoms with Gasteiger partial charge in [-0.15, -0.1) is 0 Å². The van der Waals surface area contributed by atoms with Crippen LogP contribution in [0.4, 0.5) is 5.95 Å². The van der Waals surface area contributed by atoms with Crippen LogP contribution in [0.25, 0.3) is 0 Å². The first-order chi connectivity index (χ1) is 9.31. The molecule has 2 heterocycles. The van der Waals surface area contributed by atoms with E-state index in [4.69, 9.17) is 4.74 Å². The fraction of sp³-hybridized carbons (Fsp3) is 0.364. The molecule has 0 amide bonds. The van der Waals surface area contributed by atoms with Gasteiger partial charge in [0.25, 0.3) is 0 Å². The van der Waals surface area contributed by atoms with E-state index in [9.17, 15) is 0 Å². The van der Waals surface area contributed by atoms with E-state index in [2.05, 4.69) is 30.2 Å². The van der Waals surface area contributed by atoms with Crippen LogP contribution >= 0.6 is 11.8 Å². The van der Waals surface area contributed by atoms with Crippen molar-refractivity contribution in [3.8, 4) is 6.01 Å². The number of hydrogen-bond donors (Lipinski definition) is 1. The van der Waals surface area contributed by atoms with E-state index in [1.54, 1.807) is 18.5 Å². The predicted octanol–water partition coefficient (Wildman–Crippen LogP) is 1.64. The summed E-state index contributed by atoms with van der Waals surface area (Å²) in [5.41, 5.74) is 0. The van der Waals surface area contributed by atoms with Crippen molar-refractivity contribution in [2.75, 3.05) is 18.5 Å². The van der Waals surface area contributed by atoms with E-state index in [0.717, 1.165) is 6.54 Å². The Labute approximate surface area is 115 Å². The molecule has 7 nitrogen and oxygen atoms in total. The van der Waals surface area contributed by atoms with Gasteiger partial charge in [-0.3, -0.25) is 0 Å². The smallest absolute Gasteiger partial charge is 0.322 e. The van der Waals surface area contributed by atoms with Crippen molar-refractivity contribution < 1.29 is 4.74 Å². The molecule has 0 aliphatic heterocycles. The summed E-state index contributed by atoms with van der Waals surface area (Å²) in [4.78, 5) is 20.8. The maximum atomic E-state index is 5.31. The highest BCUT2D eigenvalue weighted by Crippen LogP contribution is 2.22. The highest BCUT2D eigenvalue weighted by Gasteiger charge is 2.09. The molecule has 1 N–H and O–H groups in total. The molecular weight excluding hydrogens is 264 g/mol. The molecule has 2 aromatic heterocycles. The van der Waals surface area contributed by atoms with Gasteiger partial charge in [0.2, 0.25) is 11.1 Å². The van der Waals surface area contributed by atoms with Crippen LogP contribution in [-0.4, -0.2) is 38.1 Å². The zero-order valence-corrected chi connectivity index (χ0v) is 11.5. The lowest BCUT2D eigenvalue weighted by atomic mass is 10.7. The molecule has 0 spiro atoms. The standard InChI is InChI=1S/C11H14N6OS/c1-3-12-8-15-9(18-4-2)17-11(16-8)19-10-13-6-5-7-14-10/h5-7H,3-4H2,1-2H3,(H,12,15,16,17). The Kier molecular flexibility index (Phi) is 4.85. The maximum absolute atomic E-state index is 5.31. The summed E-state index contributed by atoms with van der Waals surface area (Å²) in [5, 5.41) is 4.12. The number of hydrogen-bond acceptors (Lipinski definition) is 8. The lowest BCUT2D eigenvalue weighted by Gasteiger charge is -2.06. The molecule has 0 aliphatic rings. The van der Waals surface area contributed by atoms with E-state index in [1.807, 2.05) is 13.8 Å².